The lowest BCUT2D eigenvalue weighted by atomic mass is 9.82. The molecule has 0 saturated heterocycles. The van der Waals surface area contributed by atoms with Crippen LogP contribution in [0.1, 0.15) is 13.8 Å². The molecule has 1 aliphatic rings. The summed E-state index contributed by atoms with van der Waals surface area (Å²) in [7, 11) is 0. The van der Waals surface area contributed by atoms with Crippen LogP contribution in [-0.2, 0) is 0 Å². The summed E-state index contributed by atoms with van der Waals surface area (Å²) in [5, 5.41) is 0. The quantitative estimate of drug-likeness (QED) is 0.481. The molecular weight excluding hydrogens is 124 g/mol. The van der Waals surface area contributed by atoms with Crippen molar-refractivity contribution in [2.24, 2.45) is 23.3 Å². The number of hydrogen-bond donors (Lipinski definition) is 2. The fourth-order valence-corrected chi connectivity index (χ4v) is 1.31. The molecule has 0 fully saturated rings. The van der Waals surface area contributed by atoms with Crippen molar-refractivity contribution in [1.29, 1.82) is 0 Å². The molecular formula is C8H16N2. The Kier molecular flexibility index (Phi) is 2.11. The van der Waals surface area contributed by atoms with Crippen molar-refractivity contribution in [2.45, 2.75) is 25.9 Å². The van der Waals surface area contributed by atoms with Gasteiger partial charge in [-0.2, -0.15) is 0 Å². The van der Waals surface area contributed by atoms with E-state index in [-0.39, 0.29) is 12.1 Å². The van der Waals surface area contributed by atoms with Crippen LogP contribution in [0.3, 0.4) is 0 Å². The van der Waals surface area contributed by atoms with Crippen molar-refractivity contribution in [3.8, 4) is 0 Å². The molecule has 1 rings (SSSR count). The Morgan fingerprint density at radius 3 is 1.50 bits per heavy atom. The van der Waals surface area contributed by atoms with Gasteiger partial charge in [-0.05, 0) is 11.8 Å². The van der Waals surface area contributed by atoms with Crippen molar-refractivity contribution >= 4 is 0 Å². The van der Waals surface area contributed by atoms with Crippen LogP contribution in [-0.4, -0.2) is 12.1 Å². The number of nitrogens with two attached hydrogens (primary N) is 2. The third-order valence-corrected chi connectivity index (χ3v) is 2.38. The number of hydrogen-bond acceptors (Lipinski definition) is 2. The molecule has 10 heavy (non-hydrogen) atoms. The van der Waals surface area contributed by atoms with Crippen LogP contribution in [0.5, 0.6) is 0 Å². The molecule has 0 spiro atoms. The van der Waals surface area contributed by atoms with E-state index in [0.29, 0.717) is 11.8 Å². The van der Waals surface area contributed by atoms with Gasteiger partial charge >= 0.3 is 0 Å². The van der Waals surface area contributed by atoms with Gasteiger partial charge in [0.25, 0.3) is 0 Å². The minimum atomic E-state index is 0.139. The van der Waals surface area contributed by atoms with Gasteiger partial charge in [-0.3, -0.25) is 0 Å². The molecule has 4 N–H and O–H groups in total. The first-order valence-electron chi connectivity index (χ1n) is 3.82. The lowest BCUT2D eigenvalue weighted by molar-refractivity contribution is 0.366. The topological polar surface area (TPSA) is 52.0 Å². The van der Waals surface area contributed by atoms with Gasteiger partial charge in [0.15, 0.2) is 0 Å². The van der Waals surface area contributed by atoms with Gasteiger partial charge in [-0.15, -0.1) is 0 Å². The Morgan fingerprint density at radius 1 is 0.900 bits per heavy atom. The minimum absolute atomic E-state index is 0.139. The van der Waals surface area contributed by atoms with E-state index < -0.39 is 0 Å². The Hall–Kier alpha value is -0.340. The molecule has 2 heteroatoms. The lowest BCUT2D eigenvalue weighted by Gasteiger charge is -2.31. The van der Waals surface area contributed by atoms with Crippen LogP contribution in [0.4, 0.5) is 0 Å². The van der Waals surface area contributed by atoms with E-state index >= 15 is 0 Å². The summed E-state index contributed by atoms with van der Waals surface area (Å²) in [5.74, 6) is 0.873. The van der Waals surface area contributed by atoms with E-state index in [4.69, 9.17) is 11.5 Å². The Balaban J connectivity index is 2.69. The maximum atomic E-state index is 5.84. The normalized spacial score (nSPS) is 47.6. The van der Waals surface area contributed by atoms with E-state index in [1.807, 2.05) is 0 Å². The molecule has 0 saturated carbocycles. The fourth-order valence-electron chi connectivity index (χ4n) is 1.31. The Labute approximate surface area is 62.3 Å². The van der Waals surface area contributed by atoms with Crippen LogP contribution < -0.4 is 11.5 Å². The average Bonchev–Trinajstić information content (AvgIpc) is 1.93. The summed E-state index contributed by atoms with van der Waals surface area (Å²) in [4.78, 5) is 0. The second kappa shape index (κ2) is 2.72. The van der Waals surface area contributed by atoms with Gasteiger partial charge in [-0.1, -0.05) is 26.0 Å². The largest absolute Gasteiger partial charge is 0.326 e. The molecule has 0 amide bonds. The summed E-state index contributed by atoms with van der Waals surface area (Å²) in [6.45, 7) is 4.21. The highest BCUT2D eigenvalue weighted by atomic mass is 14.8. The highest BCUT2D eigenvalue weighted by Crippen LogP contribution is 2.19. The molecule has 0 aliphatic heterocycles. The predicted molar refractivity (Wildman–Crippen MR) is 43.4 cm³/mol. The van der Waals surface area contributed by atoms with Crippen molar-refractivity contribution in [3.63, 3.8) is 0 Å². The van der Waals surface area contributed by atoms with E-state index in [1.54, 1.807) is 0 Å². The molecule has 4 atom stereocenters. The molecule has 0 radical (unpaired) electrons. The van der Waals surface area contributed by atoms with Gasteiger partial charge in [0.1, 0.15) is 0 Å². The Bertz CT molecular complexity index is 126. The second-order valence-electron chi connectivity index (χ2n) is 3.26. The predicted octanol–water partition coefficient (Wildman–Crippen LogP) is 0.483. The average molecular weight is 140 g/mol. The lowest BCUT2D eigenvalue weighted by Crippen LogP contribution is -2.50. The van der Waals surface area contributed by atoms with Crippen LogP contribution >= 0.6 is 0 Å². The summed E-state index contributed by atoms with van der Waals surface area (Å²) in [6, 6.07) is 0.278. The van der Waals surface area contributed by atoms with E-state index in [2.05, 4.69) is 26.0 Å². The molecule has 0 aromatic heterocycles. The van der Waals surface area contributed by atoms with Gasteiger partial charge in [0, 0.05) is 12.1 Å². The standard InChI is InChI=1S/C8H16N2/c1-5-3-4-6(2)8(10)7(5)9/h3-8H,9-10H2,1-2H3. The number of rotatable bonds is 0. The highest BCUT2D eigenvalue weighted by molar-refractivity contribution is 5.06. The summed E-state index contributed by atoms with van der Waals surface area (Å²) in [5.41, 5.74) is 11.7. The van der Waals surface area contributed by atoms with Gasteiger partial charge in [0.05, 0.1) is 0 Å². The fraction of sp³-hybridized carbons (Fsp3) is 0.750. The van der Waals surface area contributed by atoms with Crippen LogP contribution in [0.15, 0.2) is 12.2 Å². The smallest absolute Gasteiger partial charge is 0.0259 e. The van der Waals surface area contributed by atoms with E-state index in [9.17, 15) is 0 Å². The van der Waals surface area contributed by atoms with Gasteiger partial charge < -0.3 is 11.5 Å². The molecule has 2 nitrogen and oxygen atoms in total. The van der Waals surface area contributed by atoms with E-state index in [0.717, 1.165) is 0 Å². The first-order valence-corrected chi connectivity index (χ1v) is 3.82. The highest BCUT2D eigenvalue weighted by Gasteiger charge is 2.25. The Morgan fingerprint density at radius 2 is 1.20 bits per heavy atom. The molecule has 0 bridgehead atoms. The van der Waals surface area contributed by atoms with Crippen molar-refractivity contribution < 1.29 is 0 Å². The zero-order valence-electron chi connectivity index (χ0n) is 6.62. The van der Waals surface area contributed by atoms with Crippen LogP contribution in [0.2, 0.25) is 0 Å². The molecule has 0 aromatic rings. The molecule has 4 unspecified atom stereocenters. The third-order valence-electron chi connectivity index (χ3n) is 2.38. The SMILES string of the molecule is CC1C=CC(C)C(N)C1N. The van der Waals surface area contributed by atoms with Gasteiger partial charge in [0.2, 0.25) is 0 Å². The summed E-state index contributed by atoms with van der Waals surface area (Å²) in [6.07, 6.45) is 4.30. The monoisotopic (exact) mass is 140 g/mol. The summed E-state index contributed by atoms with van der Waals surface area (Å²) < 4.78 is 0. The van der Waals surface area contributed by atoms with Gasteiger partial charge in [-0.25, -0.2) is 0 Å². The molecule has 0 heterocycles. The van der Waals surface area contributed by atoms with Crippen molar-refractivity contribution in [3.05, 3.63) is 12.2 Å². The zero-order valence-corrected chi connectivity index (χ0v) is 6.62. The van der Waals surface area contributed by atoms with Crippen molar-refractivity contribution in [1.82, 2.24) is 0 Å². The van der Waals surface area contributed by atoms with Crippen LogP contribution in [0, 0.1) is 11.8 Å². The van der Waals surface area contributed by atoms with Crippen LogP contribution in [0.25, 0.3) is 0 Å². The molecule has 1 aliphatic carbocycles. The third kappa shape index (κ3) is 1.22. The maximum absolute atomic E-state index is 5.84. The summed E-state index contributed by atoms with van der Waals surface area (Å²) >= 11 is 0. The maximum Gasteiger partial charge on any atom is 0.0259 e. The first-order chi connectivity index (χ1) is 4.63. The first kappa shape index (κ1) is 7.76. The molecule has 58 valence electrons. The minimum Gasteiger partial charge on any atom is -0.326 e. The molecule has 0 aromatic carbocycles. The zero-order chi connectivity index (χ0) is 7.72. The second-order valence-corrected chi connectivity index (χ2v) is 3.26. The van der Waals surface area contributed by atoms with Crippen molar-refractivity contribution in [2.75, 3.05) is 0 Å². The van der Waals surface area contributed by atoms with E-state index in [1.165, 1.54) is 0 Å².